The summed E-state index contributed by atoms with van der Waals surface area (Å²) < 4.78 is 4.47. The molecular weight excluding hydrogens is 244 g/mol. The summed E-state index contributed by atoms with van der Waals surface area (Å²) >= 11 is 0. The molecule has 100 valence electrons. The summed E-state index contributed by atoms with van der Waals surface area (Å²) in [6, 6.07) is 4.55. The Balaban J connectivity index is 3.07. The van der Waals surface area contributed by atoms with E-state index in [9.17, 15) is 14.7 Å². The van der Waals surface area contributed by atoms with Gasteiger partial charge in [0.05, 0.1) is 12.7 Å². The standard InChI is InChI=1S/C15H16O4/c1-10(2)8-14(17)12-9-11(4-6-13(12)16)5-7-15(18)19-3/h4-9,16H,1-3H3/b7-5+. The lowest BCUT2D eigenvalue weighted by molar-refractivity contribution is -0.134. The molecule has 0 aliphatic heterocycles. The number of phenols is 1. The maximum absolute atomic E-state index is 11.9. The minimum atomic E-state index is -0.481. The lowest BCUT2D eigenvalue weighted by Gasteiger charge is -2.03. The number of ether oxygens (including phenoxy) is 1. The molecule has 4 heteroatoms. The SMILES string of the molecule is COC(=O)/C=C/c1ccc(O)c(C(=O)C=C(C)C)c1. The molecular formula is C15H16O4. The van der Waals surface area contributed by atoms with Gasteiger partial charge >= 0.3 is 5.97 Å². The van der Waals surface area contributed by atoms with Crippen LogP contribution < -0.4 is 0 Å². The van der Waals surface area contributed by atoms with E-state index in [4.69, 9.17) is 0 Å². The molecule has 0 bridgehead atoms. The number of hydrogen-bond donors (Lipinski definition) is 1. The Kier molecular flexibility index (Phi) is 5.06. The monoisotopic (exact) mass is 260 g/mol. The minimum absolute atomic E-state index is 0.0854. The van der Waals surface area contributed by atoms with Crippen LogP contribution in [0.5, 0.6) is 5.75 Å². The highest BCUT2D eigenvalue weighted by Crippen LogP contribution is 2.20. The van der Waals surface area contributed by atoms with Gasteiger partial charge in [-0.15, -0.1) is 0 Å². The zero-order chi connectivity index (χ0) is 14.4. The Morgan fingerprint density at radius 1 is 1.26 bits per heavy atom. The first-order valence-electron chi connectivity index (χ1n) is 5.72. The quantitative estimate of drug-likeness (QED) is 0.513. The first kappa shape index (κ1) is 14.7. The molecule has 0 aromatic heterocycles. The molecule has 0 amide bonds. The van der Waals surface area contributed by atoms with Gasteiger partial charge in [-0.1, -0.05) is 11.6 Å². The number of phenolic OH excluding ortho intramolecular Hbond substituents is 1. The fraction of sp³-hybridized carbons (Fsp3) is 0.200. The molecule has 4 nitrogen and oxygen atoms in total. The summed E-state index contributed by atoms with van der Waals surface area (Å²) in [5.41, 5.74) is 1.68. The van der Waals surface area contributed by atoms with Crippen molar-refractivity contribution in [1.82, 2.24) is 0 Å². The summed E-state index contributed by atoms with van der Waals surface area (Å²) in [6.45, 7) is 3.60. The van der Waals surface area contributed by atoms with Crippen LogP contribution in [0.25, 0.3) is 6.08 Å². The van der Waals surface area contributed by atoms with Crippen molar-refractivity contribution >= 4 is 17.8 Å². The number of carbonyl (C=O) groups is 2. The topological polar surface area (TPSA) is 63.6 Å². The first-order chi connectivity index (χ1) is 8.93. The number of benzene rings is 1. The van der Waals surface area contributed by atoms with Gasteiger partial charge in [-0.05, 0) is 43.7 Å². The Morgan fingerprint density at radius 2 is 1.95 bits per heavy atom. The van der Waals surface area contributed by atoms with Gasteiger partial charge in [0.15, 0.2) is 5.78 Å². The number of carbonyl (C=O) groups excluding carboxylic acids is 2. The van der Waals surface area contributed by atoms with E-state index in [1.54, 1.807) is 19.9 Å². The van der Waals surface area contributed by atoms with Crippen LogP contribution >= 0.6 is 0 Å². The largest absolute Gasteiger partial charge is 0.507 e. The summed E-state index contributed by atoms with van der Waals surface area (Å²) in [4.78, 5) is 22.9. The lowest BCUT2D eigenvalue weighted by Crippen LogP contribution is -1.97. The second-order valence-electron chi connectivity index (χ2n) is 4.22. The maximum Gasteiger partial charge on any atom is 0.330 e. The van der Waals surface area contributed by atoms with Gasteiger partial charge in [0.25, 0.3) is 0 Å². The number of rotatable bonds is 4. The molecule has 0 unspecified atom stereocenters. The van der Waals surface area contributed by atoms with Gasteiger partial charge in [0.1, 0.15) is 5.75 Å². The third-order valence-electron chi connectivity index (χ3n) is 2.32. The fourth-order valence-electron chi connectivity index (χ4n) is 1.43. The number of allylic oxidation sites excluding steroid dienone is 2. The Bertz CT molecular complexity index is 549. The zero-order valence-corrected chi connectivity index (χ0v) is 11.1. The van der Waals surface area contributed by atoms with E-state index in [0.29, 0.717) is 5.56 Å². The highest BCUT2D eigenvalue weighted by Gasteiger charge is 2.09. The zero-order valence-electron chi connectivity index (χ0n) is 11.1. The molecule has 0 aliphatic carbocycles. The van der Waals surface area contributed by atoms with Gasteiger partial charge in [0, 0.05) is 6.08 Å². The van der Waals surface area contributed by atoms with E-state index in [0.717, 1.165) is 5.57 Å². The van der Waals surface area contributed by atoms with Gasteiger partial charge < -0.3 is 9.84 Å². The van der Waals surface area contributed by atoms with Gasteiger partial charge in [0.2, 0.25) is 0 Å². The Hall–Kier alpha value is -2.36. The van der Waals surface area contributed by atoms with Gasteiger partial charge in [-0.25, -0.2) is 4.79 Å². The molecule has 1 rings (SSSR count). The van der Waals surface area contributed by atoms with Crippen LogP contribution in [0.1, 0.15) is 29.8 Å². The normalized spacial score (nSPS) is 10.3. The second kappa shape index (κ2) is 6.54. The van der Waals surface area contributed by atoms with E-state index in [1.807, 2.05) is 0 Å². The molecule has 0 atom stereocenters. The number of esters is 1. The van der Waals surface area contributed by atoms with Crippen molar-refractivity contribution in [3.63, 3.8) is 0 Å². The summed E-state index contributed by atoms with van der Waals surface area (Å²) in [7, 11) is 1.28. The molecule has 1 aromatic carbocycles. The Morgan fingerprint density at radius 3 is 2.53 bits per heavy atom. The highest BCUT2D eigenvalue weighted by molar-refractivity contribution is 6.07. The van der Waals surface area contributed by atoms with Crippen LogP contribution in [0, 0.1) is 0 Å². The van der Waals surface area contributed by atoms with Crippen molar-refractivity contribution in [3.05, 3.63) is 47.1 Å². The van der Waals surface area contributed by atoms with Crippen molar-refractivity contribution in [3.8, 4) is 5.75 Å². The summed E-state index contributed by atoms with van der Waals surface area (Å²) in [6.07, 6.45) is 4.22. The summed E-state index contributed by atoms with van der Waals surface area (Å²) in [5, 5.41) is 9.68. The molecule has 0 fully saturated rings. The maximum atomic E-state index is 11.9. The molecule has 19 heavy (non-hydrogen) atoms. The molecule has 1 aromatic rings. The highest BCUT2D eigenvalue weighted by atomic mass is 16.5. The first-order valence-corrected chi connectivity index (χ1v) is 5.72. The number of hydrogen-bond acceptors (Lipinski definition) is 4. The number of ketones is 1. The van der Waals surface area contributed by atoms with Crippen LogP contribution in [0.15, 0.2) is 35.9 Å². The third kappa shape index (κ3) is 4.43. The van der Waals surface area contributed by atoms with Crippen LogP contribution in [-0.4, -0.2) is 24.0 Å². The summed E-state index contributed by atoms with van der Waals surface area (Å²) in [5.74, 6) is -0.839. The van der Waals surface area contributed by atoms with E-state index in [1.165, 1.54) is 37.5 Å². The van der Waals surface area contributed by atoms with Crippen molar-refractivity contribution in [2.45, 2.75) is 13.8 Å². The Labute approximate surface area is 112 Å². The second-order valence-corrected chi connectivity index (χ2v) is 4.22. The van der Waals surface area contributed by atoms with Crippen molar-refractivity contribution in [2.24, 2.45) is 0 Å². The van der Waals surface area contributed by atoms with Crippen molar-refractivity contribution in [1.29, 1.82) is 0 Å². The van der Waals surface area contributed by atoms with E-state index < -0.39 is 5.97 Å². The molecule has 0 spiro atoms. The molecule has 0 radical (unpaired) electrons. The fourth-order valence-corrected chi connectivity index (χ4v) is 1.43. The third-order valence-corrected chi connectivity index (χ3v) is 2.32. The van der Waals surface area contributed by atoms with E-state index in [-0.39, 0.29) is 17.1 Å². The van der Waals surface area contributed by atoms with Crippen molar-refractivity contribution in [2.75, 3.05) is 7.11 Å². The lowest BCUT2D eigenvalue weighted by atomic mass is 10.0. The number of methoxy groups -OCH3 is 1. The molecule has 0 aliphatic rings. The average molecular weight is 260 g/mol. The molecule has 0 saturated heterocycles. The van der Waals surface area contributed by atoms with Crippen LogP contribution in [0.3, 0.4) is 0 Å². The van der Waals surface area contributed by atoms with Gasteiger partial charge in [-0.3, -0.25) is 4.79 Å². The van der Waals surface area contributed by atoms with Crippen LogP contribution in [-0.2, 0) is 9.53 Å². The number of aromatic hydroxyl groups is 1. The van der Waals surface area contributed by atoms with Crippen LogP contribution in [0.4, 0.5) is 0 Å². The van der Waals surface area contributed by atoms with E-state index in [2.05, 4.69) is 4.74 Å². The average Bonchev–Trinajstić information content (AvgIpc) is 2.36. The van der Waals surface area contributed by atoms with Crippen molar-refractivity contribution < 1.29 is 19.4 Å². The minimum Gasteiger partial charge on any atom is -0.507 e. The smallest absolute Gasteiger partial charge is 0.330 e. The van der Waals surface area contributed by atoms with Crippen LogP contribution in [0.2, 0.25) is 0 Å². The van der Waals surface area contributed by atoms with E-state index >= 15 is 0 Å². The predicted octanol–water partition coefficient (Wildman–Crippen LogP) is 2.73. The molecule has 0 saturated carbocycles. The van der Waals surface area contributed by atoms with Gasteiger partial charge in [-0.2, -0.15) is 0 Å². The molecule has 0 heterocycles. The predicted molar refractivity (Wildman–Crippen MR) is 72.9 cm³/mol. The molecule has 1 N–H and O–H groups in total.